The molecule has 3 amide bonds. The SMILES string of the molecule is O=C(NCc1ccc(-c2cccc(C(=O)ON3C(=O)c4ccccc4C3=O)c2)cc1)OCC1c2ccccc2-c2ccccc21. The third kappa shape index (κ3) is 5.23. The van der Waals surface area contributed by atoms with Gasteiger partial charge in [-0.1, -0.05) is 102 Å². The van der Waals surface area contributed by atoms with Crippen LogP contribution in [0.2, 0.25) is 0 Å². The van der Waals surface area contributed by atoms with E-state index < -0.39 is 23.9 Å². The molecule has 0 radical (unpaired) electrons. The number of hydrogen-bond donors (Lipinski definition) is 1. The van der Waals surface area contributed by atoms with E-state index in [9.17, 15) is 19.2 Å². The predicted octanol–water partition coefficient (Wildman–Crippen LogP) is 6.76. The van der Waals surface area contributed by atoms with Crippen molar-refractivity contribution in [2.45, 2.75) is 12.5 Å². The van der Waals surface area contributed by atoms with Gasteiger partial charge in [0.2, 0.25) is 0 Å². The quantitative estimate of drug-likeness (QED) is 0.209. The average Bonchev–Trinajstić information content (AvgIpc) is 3.53. The zero-order chi connectivity index (χ0) is 30.9. The number of nitrogens with one attached hydrogen (secondary N) is 1. The molecule has 1 heterocycles. The Balaban J connectivity index is 0.951. The number of hydrogen-bond acceptors (Lipinski definition) is 6. The lowest BCUT2D eigenvalue weighted by atomic mass is 9.98. The lowest BCUT2D eigenvalue weighted by Crippen LogP contribution is -2.32. The molecule has 0 unspecified atom stereocenters. The van der Waals surface area contributed by atoms with Gasteiger partial charge >= 0.3 is 12.1 Å². The first-order chi connectivity index (χ1) is 22.0. The number of hydroxylamine groups is 2. The van der Waals surface area contributed by atoms with Crippen LogP contribution in [0, 0.1) is 0 Å². The minimum Gasteiger partial charge on any atom is -0.449 e. The molecule has 1 N–H and O–H groups in total. The molecule has 1 aliphatic heterocycles. The van der Waals surface area contributed by atoms with E-state index in [1.54, 1.807) is 30.3 Å². The maximum atomic E-state index is 12.9. The van der Waals surface area contributed by atoms with Gasteiger partial charge in [0, 0.05) is 12.5 Å². The number of imide groups is 1. The van der Waals surface area contributed by atoms with Gasteiger partial charge in [0.15, 0.2) is 0 Å². The Morgan fingerprint density at radius 3 is 1.84 bits per heavy atom. The van der Waals surface area contributed by atoms with Crippen LogP contribution in [0.15, 0.2) is 121 Å². The summed E-state index contributed by atoms with van der Waals surface area (Å²) >= 11 is 0. The van der Waals surface area contributed by atoms with Crippen molar-refractivity contribution in [3.63, 3.8) is 0 Å². The van der Waals surface area contributed by atoms with Gasteiger partial charge < -0.3 is 14.9 Å². The van der Waals surface area contributed by atoms with Gasteiger partial charge in [-0.05, 0) is 63.2 Å². The van der Waals surface area contributed by atoms with Crippen LogP contribution >= 0.6 is 0 Å². The molecule has 2 aliphatic rings. The standard InChI is InChI=1S/C37H26N2O6/c40-34-31-14-5-6-15-32(31)35(41)39(34)45-36(42)26-9-7-8-25(20-26)24-18-16-23(17-19-24)21-38-37(43)44-22-33-29-12-3-1-10-27(29)28-11-2-4-13-30(28)33/h1-20,33H,21-22H2,(H,38,43). The maximum Gasteiger partial charge on any atom is 0.407 e. The Labute approximate surface area is 258 Å². The van der Waals surface area contributed by atoms with E-state index >= 15 is 0 Å². The van der Waals surface area contributed by atoms with Gasteiger partial charge in [-0.25, -0.2) is 9.59 Å². The molecule has 5 aromatic rings. The van der Waals surface area contributed by atoms with Gasteiger partial charge in [-0.3, -0.25) is 9.59 Å². The molecule has 8 nitrogen and oxygen atoms in total. The zero-order valence-electron chi connectivity index (χ0n) is 23.9. The van der Waals surface area contributed by atoms with Crippen molar-refractivity contribution >= 4 is 23.9 Å². The van der Waals surface area contributed by atoms with Crippen LogP contribution in [0.25, 0.3) is 22.3 Å². The van der Waals surface area contributed by atoms with E-state index in [-0.39, 0.29) is 35.8 Å². The Hall–Kier alpha value is -6.02. The molecule has 8 heteroatoms. The van der Waals surface area contributed by atoms with E-state index in [2.05, 4.69) is 29.6 Å². The van der Waals surface area contributed by atoms with Gasteiger partial charge in [0.1, 0.15) is 6.61 Å². The normalized spacial score (nSPS) is 13.2. The minimum absolute atomic E-state index is 0.0110. The molecule has 0 spiro atoms. The summed E-state index contributed by atoms with van der Waals surface area (Å²) in [6.45, 7) is 0.522. The largest absolute Gasteiger partial charge is 0.449 e. The molecule has 0 fully saturated rings. The van der Waals surface area contributed by atoms with Crippen LogP contribution < -0.4 is 5.32 Å². The molecular weight excluding hydrogens is 568 g/mol. The van der Waals surface area contributed by atoms with Gasteiger partial charge in [-0.2, -0.15) is 0 Å². The minimum atomic E-state index is -0.824. The zero-order valence-corrected chi connectivity index (χ0v) is 23.9. The first kappa shape index (κ1) is 27.8. The van der Waals surface area contributed by atoms with E-state index in [0.29, 0.717) is 5.06 Å². The van der Waals surface area contributed by atoms with Crippen molar-refractivity contribution < 1.29 is 28.8 Å². The van der Waals surface area contributed by atoms with Crippen molar-refractivity contribution in [3.05, 3.63) is 155 Å². The molecule has 5 aromatic carbocycles. The molecule has 0 bridgehead atoms. The lowest BCUT2D eigenvalue weighted by molar-refractivity contribution is -0.0584. The summed E-state index contributed by atoms with van der Waals surface area (Å²) in [6.07, 6.45) is -0.495. The van der Waals surface area contributed by atoms with Gasteiger partial charge in [0.25, 0.3) is 11.8 Å². The summed E-state index contributed by atoms with van der Waals surface area (Å²) in [5.74, 6) is -2.19. The summed E-state index contributed by atoms with van der Waals surface area (Å²) in [5, 5.41) is 3.32. The lowest BCUT2D eigenvalue weighted by Gasteiger charge is -2.15. The summed E-state index contributed by atoms with van der Waals surface area (Å²) in [5.41, 5.74) is 7.66. The highest BCUT2D eigenvalue weighted by Gasteiger charge is 2.38. The number of fused-ring (bicyclic) bond motifs is 4. The molecule has 0 saturated heterocycles. The highest BCUT2D eigenvalue weighted by Crippen LogP contribution is 2.44. The van der Waals surface area contributed by atoms with E-state index in [0.717, 1.165) is 27.8 Å². The smallest absolute Gasteiger partial charge is 0.407 e. The number of benzene rings is 5. The number of ether oxygens (including phenoxy) is 1. The second-order valence-electron chi connectivity index (χ2n) is 10.8. The third-order valence-corrected chi connectivity index (χ3v) is 8.10. The molecular formula is C37H26N2O6. The van der Waals surface area contributed by atoms with Gasteiger partial charge in [0.05, 0.1) is 16.7 Å². The number of nitrogens with zero attached hydrogens (tertiary/aromatic N) is 1. The summed E-state index contributed by atoms with van der Waals surface area (Å²) in [4.78, 5) is 55.8. The Morgan fingerprint density at radius 2 is 1.22 bits per heavy atom. The van der Waals surface area contributed by atoms with Crippen LogP contribution in [0.1, 0.15) is 53.7 Å². The van der Waals surface area contributed by atoms with Gasteiger partial charge in [-0.15, -0.1) is 0 Å². The van der Waals surface area contributed by atoms with E-state index in [1.807, 2.05) is 54.6 Å². The van der Waals surface area contributed by atoms with E-state index in [4.69, 9.17) is 9.57 Å². The number of amides is 3. The highest BCUT2D eigenvalue weighted by atomic mass is 16.7. The topological polar surface area (TPSA) is 102 Å². The second kappa shape index (κ2) is 11.6. The summed E-state index contributed by atoms with van der Waals surface area (Å²) < 4.78 is 5.63. The van der Waals surface area contributed by atoms with Crippen LogP contribution in [-0.4, -0.2) is 35.5 Å². The molecule has 1 aliphatic carbocycles. The number of carbonyl (C=O) groups excluding carboxylic acids is 4. The number of rotatable bonds is 7. The fourth-order valence-corrected chi connectivity index (χ4v) is 5.85. The first-order valence-electron chi connectivity index (χ1n) is 14.5. The molecule has 0 saturated carbocycles. The van der Waals surface area contributed by atoms with Crippen molar-refractivity contribution in [2.75, 3.05) is 6.61 Å². The number of carbonyl (C=O) groups is 4. The van der Waals surface area contributed by atoms with Crippen LogP contribution in [0.5, 0.6) is 0 Å². The van der Waals surface area contributed by atoms with E-state index in [1.165, 1.54) is 23.3 Å². The predicted molar refractivity (Wildman–Crippen MR) is 166 cm³/mol. The van der Waals surface area contributed by atoms with Crippen molar-refractivity contribution in [1.82, 2.24) is 10.4 Å². The number of alkyl carbamates (subject to hydrolysis) is 1. The molecule has 220 valence electrons. The molecule has 0 atom stereocenters. The second-order valence-corrected chi connectivity index (χ2v) is 10.8. The Kier molecular flexibility index (Phi) is 7.15. The van der Waals surface area contributed by atoms with Crippen LogP contribution in [0.3, 0.4) is 0 Å². The molecule has 45 heavy (non-hydrogen) atoms. The third-order valence-electron chi connectivity index (χ3n) is 8.10. The van der Waals surface area contributed by atoms with Crippen LogP contribution in [0.4, 0.5) is 4.79 Å². The highest BCUT2D eigenvalue weighted by molar-refractivity contribution is 6.21. The average molecular weight is 595 g/mol. The molecule has 0 aromatic heterocycles. The molecule has 7 rings (SSSR count). The first-order valence-corrected chi connectivity index (χ1v) is 14.5. The Bertz CT molecular complexity index is 1900. The summed E-state index contributed by atoms with van der Waals surface area (Å²) in [7, 11) is 0. The van der Waals surface area contributed by atoms with Crippen molar-refractivity contribution in [3.8, 4) is 22.3 Å². The fourth-order valence-electron chi connectivity index (χ4n) is 5.85. The fraction of sp³-hybridized carbons (Fsp3) is 0.0811. The van der Waals surface area contributed by atoms with Crippen LogP contribution in [-0.2, 0) is 16.1 Å². The maximum absolute atomic E-state index is 12.9. The monoisotopic (exact) mass is 594 g/mol. The summed E-state index contributed by atoms with van der Waals surface area (Å²) in [6, 6.07) is 36.9. The van der Waals surface area contributed by atoms with Crippen molar-refractivity contribution in [1.29, 1.82) is 0 Å². The Morgan fingerprint density at radius 1 is 0.644 bits per heavy atom. The van der Waals surface area contributed by atoms with Crippen molar-refractivity contribution in [2.24, 2.45) is 0 Å².